The minimum atomic E-state index is 0.0144. The summed E-state index contributed by atoms with van der Waals surface area (Å²) < 4.78 is 12.7. The van der Waals surface area contributed by atoms with Crippen LogP contribution in [0.15, 0.2) is 47.5 Å². The third-order valence-electron chi connectivity index (χ3n) is 6.01. The Hall–Kier alpha value is -3.10. The van der Waals surface area contributed by atoms with E-state index in [4.69, 9.17) is 9.47 Å². The number of methoxy groups -OCH3 is 2. The highest BCUT2D eigenvalue weighted by Crippen LogP contribution is 2.33. The molecule has 170 valence electrons. The van der Waals surface area contributed by atoms with E-state index in [1.165, 1.54) is 0 Å². The number of rotatable bonds is 8. The average molecular weight is 438 g/mol. The quantitative estimate of drug-likeness (QED) is 0.561. The second kappa shape index (κ2) is 10.0. The highest BCUT2D eigenvalue weighted by molar-refractivity contribution is 5.83. The molecule has 1 fully saturated rings. The fraction of sp³-hybridized carbons (Fsp3) is 0.417. The van der Waals surface area contributed by atoms with Crippen LogP contribution < -0.4 is 30.6 Å². The van der Waals surface area contributed by atoms with Crippen molar-refractivity contribution < 1.29 is 9.47 Å². The van der Waals surface area contributed by atoms with Crippen molar-refractivity contribution in [1.82, 2.24) is 20.2 Å². The summed E-state index contributed by atoms with van der Waals surface area (Å²) in [4.78, 5) is 20.1. The molecule has 2 heterocycles. The summed E-state index contributed by atoms with van der Waals surface area (Å²) in [6, 6.07) is 11.9. The van der Waals surface area contributed by atoms with E-state index in [9.17, 15) is 4.79 Å². The number of piperidine rings is 1. The second-order valence-electron chi connectivity index (χ2n) is 7.97. The number of fused-ring (bicyclic) bond motifs is 1. The van der Waals surface area contributed by atoms with E-state index < -0.39 is 0 Å². The van der Waals surface area contributed by atoms with E-state index in [0.29, 0.717) is 28.9 Å². The second-order valence-corrected chi connectivity index (χ2v) is 7.97. The summed E-state index contributed by atoms with van der Waals surface area (Å²) in [5.74, 6) is 1.43. The van der Waals surface area contributed by atoms with Gasteiger partial charge in [0.2, 0.25) is 0 Å². The van der Waals surface area contributed by atoms with Gasteiger partial charge >= 0.3 is 0 Å². The Morgan fingerprint density at radius 3 is 2.47 bits per heavy atom. The number of aromatic nitrogens is 2. The van der Waals surface area contributed by atoms with Crippen molar-refractivity contribution in [2.75, 3.05) is 52.3 Å². The van der Waals surface area contributed by atoms with Gasteiger partial charge in [-0.25, -0.2) is 4.98 Å². The summed E-state index contributed by atoms with van der Waals surface area (Å²) in [7, 11) is 5.20. The largest absolute Gasteiger partial charge is 0.497 e. The fourth-order valence-electron chi connectivity index (χ4n) is 4.22. The number of hydrogen-bond donors (Lipinski definition) is 2. The first-order valence-corrected chi connectivity index (χ1v) is 11.0. The van der Waals surface area contributed by atoms with Gasteiger partial charge in [0.15, 0.2) is 0 Å². The zero-order chi connectivity index (χ0) is 22.5. The predicted molar refractivity (Wildman–Crippen MR) is 128 cm³/mol. The van der Waals surface area contributed by atoms with Crippen LogP contribution in [-0.2, 0) is 0 Å². The van der Waals surface area contributed by atoms with Crippen molar-refractivity contribution in [1.29, 1.82) is 0 Å². The molecular weight excluding hydrogens is 406 g/mol. The van der Waals surface area contributed by atoms with Crippen LogP contribution in [-0.4, -0.2) is 57.0 Å². The Morgan fingerprint density at radius 2 is 1.81 bits per heavy atom. The molecule has 0 unspecified atom stereocenters. The molecule has 0 atom stereocenters. The molecule has 1 aromatic heterocycles. The van der Waals surface area contributed by atoms with Gasteiger partial charge in [-0.1, -0.05) is 0 Å². The molecule has 32 heavy (non-hydrogen) atoms. The Labute approximate surface area is 188 Å². The number of ether oxygens (including phenoxy) is 2. The Bertz CT molecular complexity index is 1100. The molecule has 0 aliphatic carbocycles. The van der Waals surface area contributed by atoms with Gasteiger partial charge < -0.3 is 25.0 Å². The molecule has 0 bridgehead atoms. The molecule has 4 rings (SSSR count). The van der Waals surface area contributed by atoms with Crippen LogP contribution in [0.3, 0.4) is 0 Å². The molecule has 1 aliphatic heterocycles. The van der Waals surface area contributed by atoms with Gasteiger partial charge in [-0.05, 0) is 51.2 Å². The summed E-state index contributed by atoms with van der Waals surface area (Å²) in [5, 5.41) is 7.19. The molecule has 2 N–H and O–H groups in total. The Morgan fingerprint density at radius 1 is 1.09 bits per heavy atom. The number of benzene rings is 2. The minimum absolute atomic E-state index is 0.0144. The van der Waals surface area contributed by atoms with Crippen LogP contribution in [0.2, 0.25) is 0 Å². The molecule has 0 amide bonds. The van der Waals surface area contributed by atoms with E-state index in [1.54, 1.807) is 25.1 Å². The molecular formula is C24H31N5O3. The molecule has 1 saturated heterocycles. The van der Waals surface area contributed by atoms with Crippen LogP contribution >= 0.6 is 0 Å². The lowest BCUT2D eigenvalue weighted by atomic mass is 10.1. The smallest absolute Gasteiger partial charge is 0.261 e. The van der Waals surface area contributed by atoms with Crippen LogP contribution in [0.25, 0.3) is 10.9 Å². The van der Waals surface area contributed by atoms with E-state index in [1.807, 2.05) is 43.4 Å². The molecule has 0 radical (unpaired) electrons. The van der Waals surface area contributed by atoms with Crippen LogP contribution in [0.5, 0.6) is 11.5 Å². The maximum atomic E-state index is 13.4. The summed E-state index contributed by atoms with van der Waals surface area (Å²) in [6.45, 7) is 3.32. The third kappa shape index (κ3) is 4.56. The van der Waals surface area contributed by atoms with E-state index in [0.717, 1.165) is 43.9 Å². The highest BCUT2D eigenvalue weighted by atomic mass is 16.5. The number of hydrogen-bond acceptors (Lipinski definition) is 7. The maximum absolute atomic E-state index is 13.4. The van der Waals surface area contributed by atoms with E-state index in [-0.39, 0.29) is 11.6 Å². The predicted octanol–water partition coefficient (Wildman–Crippen LogP) is 2.70. The van der Waals surface area contributed by atoms with Gasteiger partial charge in [0.1, 0.15) is 11.5 Å². The summed E-state index contributed by atoms with van der Waals surface area (Å²) >= 11 is 0. The van der Waals surface area contributed by atoms with Gasteiger partial charge in [-0.15, -0.1) is 0 Å². The Balaban J connectivity index is 1.79. The molecule has 1 aliphatic rings. The van der Waals surface area contributed by atoms with Crippen molar-refractivity contribution in [3.8, 4) is 11.5 Å². The van der Waals surface area contributed by atoms with Crippen LogP contribution in [0.1, 0.15) is 18.9 Å². The number of nitrogens with zero attached hydrogens (tertiary/aromatic N) is 3. The molecule has 0 saturated carbocycles. The van der Waals surface area contributed by atoms with E-state index in [2.05, 4.69) is 20.5 Å². The summed E-state index contributed by atoms with van der Waals surface area (Å²) in [6.07, 6.45) is 3.57. The zero-order valence-corrected chi connectivity index (χ0v) is 18.9. The number of nitrogens with one attached hydrogen (secondary N) is 2. The highest BCUT2D eigenvalue weighted by Gasteiger charge is 2.19. The zero-order valence-electron chi connectivity index (χ0n) is 18.9. The maximum Gasteiger partial charge on any atom is 0.261 e. The summed E-state index contributed by atoms with van der Waals surface area (Å²) in [5.41, 5.74) is 2.57. The van der Waals surface area contributed by atoms with Gasteiger partial charge in [0.05, 0.1) is 31.4 Å². The molecule has 3 aromatic rings. The first-order chi connectivity index (χ1) is 15.6. The topological polar surface area (TPSA) is 80.7 Å². The van der Waals surface area contributed by atoms with Gasteiger partial charge in [0, 0.05) is 48.7 Å². The first-order valence-electron chi connectivity index (χ1n) is 11.0. The fourth-order valence-corrected chi connectivity index (χ4v) is 4.22. The molecule has 8 nitrogen and oxygen atoms in total. The lowest BCUT2D eigenvalue weighted by molar-refractivity contribution is 0.359. The van der Waals surface area contributed by atoms with Crippen molar-refractivity contribution in [2.45, 2.75) is 18.9 Å². The standard InChI is InChI=1S/C24H31N5O3/c1-25-10-11-28(19-12-20(31-2)15-21(13-19)32-3)18-4-5-23-22(14-18)24(30)29(16-27-23)17-6-8-26-9-7-17/h4-5,12-17,25-26H,6-11H2,1-3H3. The van der Waals surface area contributed by atoms with E-state index >= 15 is 0 Å². The first kappa shape index (κ1) is 22.1. The van der Waals surface area contributed by atoms with Crippen molar-refractivity contribution in [2.24, 2.45) is 0 Å². The lowest BCUT2D eigenvalue weighted by Crippen LogP contribution is -2.34. The van der Waals surface area contributed by atoms with Crippen molar-refractivity contribution in [3.05, 3.63) is 53.1 Å². The normalized spacial score (nSPS) is 14.5. The molecule has 8 heteroatoms. The van der Waals surface area contributed by atoms with Crippen molar-refractivity contribution >= 4 is 22.3 Å². The minimum Gasteiger partial charge on any atom is -0.497 e. The average Bonchev–Trinajstić information content (AvgIpc) is 2.85. The Kier molecular flexibility index (Phi) is 6.92. The number of anilines is 2. The van der Waals surface area contributed by atoms with Crippen LogP contribution in [0.4, 0.5) is 11.4 Å². The van der Waals surface area contributed by atoms with Crippen molar-refractivity contribution in [3.63, 3.8) is 0 Å². The van der Waals surface area contributed by atoms with Gasteiger partial charge in [-0.3, -0.25) is 9.36 Å². The third-order valence-corrected chi connectivity index (χ3v) is 6.01. The SMILES string of the molecule is CNCCN(c1cc(OC)cc(OC)c1)c1ccc2ncn(C3CCNCC3)c(=O)c2c1. The van der Waals surface area contributed by atoms with Gasteiger partial charge in [-0.2, -0.15) is 0 Å². The van der Waals surface area contributed by atoms with Crippen LogP contribution in [0, 0.1) is 0 Å². The molecule has 2 aromatic carbocycles. The molecule has 0 spiro atoms. The monoisotopic (exact) mass is 437 g/mol. The lowest BCUT2D eigenvalue weighted by Gasteiger charge is -2.27. The number of likely N-dealkylation sites (N-methyl/N-ethyl adjacent to an activating group) is 1. The van der Waals surface area contributed by atoms with Gasteiger partial charge in [0.25, 0.3) is 5.56 Å².